The normalized spacial score (nSPS) is 19.1. The number of piperazine rings is 1. The largest absolute Gasteiger partial charge is 0.360 e. The van der Waals surface area contributed by atoms with Gasteiger partial charge in [0.1, 0.15) is 27.4 Å². The summed E-state index contributed by atoms with van der Waals surface area (Å²) in [5.74, 6) is 2.29. The van der Waals surface area contributed by atoms with Crippen molar-refractivity contribution in [3.8, 4) is 0 Å². The number of sulfonamides is 1. The molecular formula is C16H20ClN5O3S. The van der Waals surface area contributed by atoms with Gasteiger partial charge in [-0.2, -0.15) is 4.31 Å². The monoisotopic (exact) mass is 397 g/mol. The molecule has 0 unspecified atom stereocenters. The Labute approximate surface area is 157 Å². The average Bonchev–Trinajstić information content (AvgIpc) is 3.39. The summed E-state index contributed by atoms with van der Waals surface area (Å²) >= 11 is 6.14. The molecule has 26 heavy (non-hydrogen) atoms. The van der Waals surface area contributed by atoms with E-state index in [0.29, 0.717) is 48.7 Å². The van der Waals surface area contributed by atoms with Gasteiger partial charge < -0.3 is 9.42 Å². The summed E-state index contributed by atoms with van der Waals surface area (Å²) in [6.07, 6.45) is 2.20. The summed E-state index contributed by atoms with van der Waals surface area (Å²) in [5.41, 5.74) is 0.390. The standard InChI is InChI=1S/C16H20ClN5O3S/c1-10-15(11(2)25-20-10)26(23,24)22-7-5-21(6-8-22)14-9-13(17)18-16(19-14)12-3-4-12/h9,12H,3-8H2,1-2H3. The zero-order chi connectivity index (χ0) is 18.5. The molecule has 2 aromatic heterocycles. The van der Waals surface area contributed by atoms with Gasteiger partial charge in [0, 0.05) is 38.2 Å². The van der Waals surface area contributed by atoms with E-state index in [-0.39, 0.29) is 4.90 Å². The molecule has 1 aliphatic heterocycles. The van der Waals surface area contributed by atoms with Crippen LogP contribution in [0.3, 0.4) is 0 Å². The lowest BCUT2D eigenvalue weighted by Gasteiger charge is -2.34. The zero-order valence-electron chi connectivity index (χ0n) is 14.6. The number of rotatable bonds is 4. The first-order valence-electron chi connectivity index (χ1n) is 8.58. The lowest BCUT2D eigenvalue weighted by Crippen LogP contribution is -2.49. The van der Waals surface area contributed by atoms with E-state index in [1.165, 1.54) is 4.31 Å². The van der Waals surface area contributed by atoms with Crippen LogP contribution >= 0.6 is 11.6 Å². The Kier molecular flexibility index (Phi) is 4.40. The molecule has 0 radical (unpaired) electrons. The van der Waals surface area contributed by atoms with Gasteiger partial charge in [-0.15, -0.1) is 0 Å². The summed E-state index contributed by atoms with van der Waals surface area (Å²) in [6.45, 7) is 5.08. The molecule has 0 aromatic carbocycles. The van der Waals surface area contributed by atoms with Gasteiger partial charge in [0.15, 0.2) is 5.76 Å². The van der Waals surface area contributed by atoms with Crippen molar-refractivity contribution in [2.75, 3.05) is 31.1 Å². The molecule has 0 bridgehead atoms. The van der Waals surface area contributed by atoms with Gasteiger partial charge in [0.2, 0.25) is 10.0 Å². The zero-order valence-corrected chi connectivity index (χ0v) is 16.2. The van der Waals surface area contributed by atoms with Gasteiger partial charge in [-0.05, 0) is 26.7 Å². The molecule has 1 saturated carbocycles. The third kappa shape index (κ3) is 3.19. The van der Waals surface area contributed by atoms with Crippen molar-refractivity contribution in [2.24, 2.45) is 0 Å². The van der Waals surface area contributed by atoms with Crippen LogP contribution in [0.25, 0.3) is 0 Å². The van der Waals surface area contributed by atoms with E-state index in [4.69, 9.17) is 16.1 Å². The van der Waals surface area contributed by atoms with Crippen molar-refractivity contribution in [2.45, 2.75) is 37.5 Å². The Morgan fingerprint density at radius 3 is 2.42 bits per heavy atom. The molecular weight excluding hydrogens is 378 g/mol. The van der Waals surface area contributed by atoms with E-state index in [2.05, 4.69) is 20.0 Å². The highest BCUT2D eigenvalue weighted by atomic mass is 35.5. The Morgan fingerprint density at radius 1 is 1.15 bits per heavy atom. The molecule has 2 aromatic rings. The maximum Gasteiger partial charge on any atom is 0.248 e. The number of aromatic nitrogens is 3. The smallest absolute Gasteiger partial charge is 0.248 e. The minimum Gasteiger partial charge on any atom is -0.360 e. The van der Waals surface area contributed by atoms with Crippen molar-refractivity contribution in [3.63, 3.8) is 0 Å². The number of hydrogen-bond acceptors (Lipinski definition) is 7. The molecule has 0 N–H and O–H groups in total. The fourth-order valence-corrected chi connectivity index (χ4v) is 5.14. The van der Waals surface area contributed by atoms with Crippen molar-refractivity contribution in [3.05, 3.63) is 28.5 Å². The van der Waals surface area contributed by atoms with E-state index in [1.54, 1.807) is 19.9 Å². The molecule has 4 rings (SSSR count). The Balaban J connectivity index is 1.51. The first-order chi connectivity index (χ1) is 12.4. The molecule has 1 aliphatic carbocycles. The Bertz CT molecular complexity index is 914. The fourth-order valence-electron chi connectivity index (χ4n) is 3.24. The van der Waals surface area contributed by atoms with E-state index in [0.717, 1.165) is 24.5 Å². The highest BCUT2D eigenvalue weighted by Gasteiger charge is 2.34. The van der Waals surface area contributed by atoms with Crippen molar-refractivity contribution in [1.29, 1.82) is 0 Å². The first-order valence-corrected chi connectivity index (χ1v) is 10.4. The predicted molar refractivity (Wildman–Crippen MR) is 96.0 cm³/mol. The van der Waals surface area contributed by atoms with Crippen LogP contribution in [0.15, 0.2) is 15.5 Å². The van der Waals surface area contributed by atoms with Crippen LogP contribution < -0.4 is 4.90 Å². The van der Waals surface area contributed by atoms with Crippen molar-refractivity contribution in [1.82, 2.24) is 19.4 Å². The number of halogens is 1. The second kappa shape index (κ2) is 6.47. The molecule has 0 atom stereocenters. The number of anilines is 1. The first kappa shape index (κ1) is 17.7. The van der Waals surface area contributed by atoms with E-state index >= 15 is 0 Å². The van der Waals surface area contributed by atoms with Crippen LogP contribution in [0.1, 0.15) is 36.0 Å². The van der Waals surface area contributed by atoms with Crippen LogP contribution in [0.4, 0.5) is 5.82 Å². The summed E-state index contributed by atoms with van der Waals surface area (Å²) in [4.78, 5) is 11.2. The number of hydrogen-bond donors (Lipinski definition) is 0. The second-order valence-electron chi connectivity index (χ2n) is 6.73. The Morgan fingerprint density at radius 2 is 1.85 bits per heavy atom. The lowest BCUT2D eigenvalue weighted by molar-refractivity contribution is 0.377. The van der Waals surface area contributed by atoms with Gasteiger partial charge in [0.05, 0.1) is 0 Å². The highest BCUT2D eigenvalue weighted by molar-refractivity contribution is 7.89. The molecule has 0 amide bonds. The van der Waals surface area contributed by atoms with Gasteiger partial charge in [-0.1, -0.05) is 16.8 Å². The highest BCUT2D eigenvalue weighted by Crippen LogP contribution is 2.39. The van der Waals surface area contributed by atoms with Gasteiger partial charge in [-0.3, -0.25) is 0 Å². The minimum atomic E-state index is -3.61. The number of nitrogens with zero attached hydrogens (tertiary/aromatic N) is 5. The van der Waals surface area contributed by atoms with E-state index < -0.39 is 10.0 Å². The quantitative estimate of drug-likeness (QED) is 0.729. The van der Waals surface area contributed by atoms with Gasteiger partial charge in [-0.25, -0.2) is 18.4 Å². The van der Waals surface area contributed by atoms with Crippen molar-refractivity contribution >= 4 is 27.4 Å². The Hall–Kier alpha value is -1.71. The molecule has 2 fully saturated rings. The van der Waals surface area contributed by atoms with E-state index in [9.17, 15) is 8.42 Å². The lowest BCUT2D eigenvalue weighted by atomic mass is 10.3. The van der Waals surface area contributed by atoms with Crippen molar-refractivity contribution < 1.29 is 12.9 Å². The summed E-state index contributed by atoms with van der Waals surface area (Å²) in [7, 11) is -3.61. The van der Waals surface area contributed by atoms with Crippen LogP contribution in [0.2, 0.25) is 5.15 Å². The molecule has 0 spiro atoms. The minimum absolute atomic E-state index is 0.173. The molecule has 140 valence electrons. The molecule has 10 heteroatoms. The molecule has 3 heterocycles. The maximum absolute atomic E-state index is 12.9. The molecule has 1 saturated heterocycles. The third-order valence-electron chi connectivity index (χ3n) is 4.77. The molecule has 8 nitrogen and oxygen atoms in total. The predicted octanol–water partition coefficient (Wildman–Crippen LogP) is 2.12. The van der Waals surface area contributed by atoms with Gasteiger partial charge >= 0.3 is 0 Å². The summed E-state index contributed by atoms with van der Waals surface area (Å²) < 4.78 is 32.3. The van der Waals surface area contributed by atoms with Crippen LogP contribution in [0.5, 0.6) is 0 Å². The summed E-state index contributed by atoms with van der Waals surface area (Å²) in [6, 6.07) is 1.74. The van der Waals surface area contributed by atoms with Gasteiger partial charge in [0.25, 0.3) is 0 Å². The van der Waals surface area contributed by atoms with Crippen LogP contribution in [-0.4, -0.2) is 54.0 Å². The number of aryl methyl sites for hydroxylation is 2. The van der Waals surface area contributed by atoms with Crippen LogP contribution in [0, 0.1) is 13.8 Å². The van der Waals surface area contributed by atoms with Crippen LogP contribution in [-0.2, 0) is 10.0 Å². The third-order valence-corrected chi connectivity index (χ3v) is 7.11. The maximum atomic E-state index is 12.9. The SMILES string of the molecule is Cc1noc(C)c1S(=O)(=O)N1CCN(c2cc(Cl)nc(C3CC3)n2)CC1. The van der Waals surface area contributed by atoms with E-state index in [1.807, 2.05) is 0 Å². The summed E-state index contributed by atoms with van der Waals surface area (Å²) in [5, 5.41) is 4.19. The topological polar surface area (TPSA) is 92.4 Å². The fraction of sp³-hybridized carbons (Fsp3) is 0.562. The second-order valence-corrected chi connectivity index (χ2v) is 8.99. The average molecular weight is 398 g/mol. The molecule has 2 aliphatic rings.